The van der Waals surface area contributed by atoms with Gasteiger partial charge in [0.05, 0.1) is 11.6 Å². The van der Waals surface area contributed by atoms with Crippen LogP contribution in [-0.2, 0) is 10.0 Å². The number of halogens is 2. The van der Waals surface area contributed by atoms with Gasteiger partial charge in [0.25, 0.3) is 0 Å². The summed E-state index contributed by atoms with van der Waals surface area (Å²) in [7, 11) is -2.29. The van der Waals surface area contributed by atoms with E-state index in [1.54, 1.807) is 17.8 Å². The second-order valence-electron chi connectivity index (χ2n) is 4.01. The Morgan fingerprint density at radius 1 is 1.43 bits per heavy atom. The number of aliphatic hydroxyl groups excluding tert-OH is 1. The summed E-state index contributed by atoms with van der Waals surface area (Å²) in [6, 6.07) is 2.93. The smallest absolute Gasteiger partial charge is 0.244 e. The Morgan fingerprint density at radius 3 is 2.76 bits per heavy atom. The van der Waals surface area contributed by atoms with Crippen LogP contribution in [0.1, 0.15) is 6.42 Å². The van der Waals surface area contributed by atoms with E-state index in [0.717, 1.165) is 5.75 Å². The summed E-state index contributed by atoms with van der Waals surface area (Å²) >= 11 is 10.7. The molecule has 2 N–H and O–H groups in total. The molecule has 0 aromatic heterocycles. The van der Waals surface area contributed by atoms with Gasteiger partial charge in [-0.2, -0.15) is 11.8 Å². The highest BCUT2D eigenvalue weighted by Crippen LogP contribution is 2.35. The van der Waals surface area contributed by atoms with Gasteiger partial charge in [-0.15, -0.1) is 0 Å². The first-order chi connectivity index (χ1) is 9.92. The van der Waals surface area contributed by atoms with Crippen LogP contribution in [0.3, 0.4) is 0 Å². The molecule has 0 aliphatic rings. The number of sulfonamides is 1. The minimum Gasteiger partial charge on any atom is -0.494 e. The fourth-order valence-electron chi connectivity index (χ4n) is 1.53. The van der Waals surface area contributed by atoms with Crippen molar-refractivity contribution in [1.29, 1.82) is 0 Å². The molecule has 5 nitrogen and oxygen atoms in total. The number of hydrogen-bond acceptors (Lipinski definition) is 5. The molecule has 120 valence electrons. The van der Waals surface area contributed by atoms with Gasteiger partial charge in [-0.3, -0.25) is 0 Å². The van der Waals surface area contributed by atoms with Gasteiger partial charge in [0.2, 0.25) is 10.0 Å². The van der Waals surface area contributed by atoms with Crippen molar-refractivity contribution in [3.63, 3.8) is 0 Å². The van der Waals surface area contributed by atoms with Gasteiger partial charge in [-0.1, -0.05) is 11.6 Å². The Hall–Kier alpha value is 0.01000. The summed E-state index contributed by atoms with van der Waals surface area (Å²) in [5.74, 6) is 1.65. The lowest BCUT2D eigenvalue weighted by molar-refractivity contribution is 0.296. The maximum absolute atomic E-state index is 12.3. The van der Waals surface area contributed by atoms with E-state index in [2.05, 4.69) is 20.7 Å². The third-order valence-corrected chi connectivity index (χ3v) is 5.80. The predicted octanol–water partition coefficient (Wildman–Crippen LogP) is 2.51. The van der Waals surface area contributed by atoms with E-state index >= 15 is 0 Å². The molecule has 1 aromatic carbocycles. The Morgan fingerprint density at radius 2 is 2.14 bits per heavy atom. The Bertz CT molecular complexity index is 569. The van der Waals surface area contributed by atoms with E-state index in [0.29, 0.717) is 28.2 Å². The van der Waals surface area contributed by atoms with E-state index < -0.39 is 10.0 Å². The number of methoxy groups -OCH3 is 1. The lowest BCUT2D eigenvalue weighted by Crippen LogP contribution is -2.26. The molecular weight excluding hydrogens is 402 g/mol. The number of ether oxygens (including phenoxy) is 1. The summed E-state index contributed by atoms with van der Waals surface area (Å²) < 4.78 is 32.7. The average molecular weight is 419 g/mol. The van der Waals surface area contributed by atoms with Gasteiger partial charge in [0, 0.05) is 23.9 Å². The molecule has 0 aliphatic carbocycles. The van der Waals surface area contributed by atoms with Gasteiger partial charge in [-0.25, -0.2) is 13.1 Å². The molecule has 1 rings (SSSR count). The molecule has 9 heteroatoms. The molecule has 0 saturated heterocycles. The molecule has 0 fully saturated rings. The third kappa shape index (κ3) is 5.96. The number of nitrogens with one attached hydrogen (secondary N) is 1. The van der Waals surface area contributed by atoms with Crippen LogP contribution in [0.15, 0.2) is 21.5 Å². The summed E-state index contributed by atoms with van der Waals surface area (Å²) in [6.45, 7) is 0.443. The standard InChI is InChI=1S/C12H17BrClNO4S2/c1-19-12-10(13)7-9(14)8-11(12)21(17,18)15-3-6-20-5-2-4-16/h7-8,15-16H,2-6H2,1H3. The minimum absolute atomic E-state index is 0.00438. The van der Waals surface area contributed by atoms with E-state index in [9.17, 15) is 8.42 Å². The van der Waals surface area contributed by atoms with Gasteiger partial charge in [0.1, 0.15) is 4.90 Å². The highest BCUT2D eigenvalue weighted by atomic mass is 79.9. The number of rotatable bonds is 9. The molecule has 21 heavy (non-hydrogen) atoms. The van der Waals surface area contributed by atoms with Crippen molar-refractivity contribution in [2.75, 3.05) is 31.8 Å². The highest BCUT2D eigenvalue weighted by Gasteiger charge is 2.22. The first-order valence-corrected chi connectivity index (χ1v) is 9.94. The average Bonchev–Trinajstić information content (AvgIpc) is 2.42. The van der Waals surface area contributed by atoms with Crippen molar-refractivity contribution >= 4 is 49.3 Å². The van der Waals surface area contributed by atoms with Crippen molar-refractivity contribution in [3.8, 4) is 5.75 Å². The highest BCUT2D eigenvalue weighted by molar-refractivity contribution is 9.10. The van der Waals surface area contributed by atoms with Crippen molar-refractivity contribution in [3.05, 3.63) is 21.6 Å². The second kappa shape index (κ2) is 9.22. The summed E-state index contributed by atoms with van der Waals surface area (Å²) in [5.41, 5.74) is 0. The van der Waals surface area contributed by atoms with Crippen molar-refractivity contribution in [2.24, 2.45) is 0 Å². The third-order valence-electron chi connectivity index (χ3n) is 2.45. The molecule has 1 aromatic rings. The second-order valence-corrected chi connectivity index (χ2v) is 8.26. The SMILES string of the molecule is COc1c(Br)cc(Cl)cc1S(=O)(=O)NCCSCCCO. The fourth-order valence-corrected chi connectivity index (χ4v) is 4.86. The van der Waals surface area contributed by atoms with Gasteiger partial charge < -0.3 is 9.84 Å². The lowest BCUT2D eigenvalue weighted by Gasteiger charge is -2.12. The first-order valence-electron chi connectivity index (χ1n) is 6.13. The minimum atomic E-state index is -3.69. The fraction of sp³-hybridized carbons (Fsp3) is 0.500. The number of thioether (sulfide) groups is 1. The van der Waals surface area contributed by atoms with E-state index in [4.69, 9.17) is 21.4 Å². The zero-order valence-corrected chi connectivity index (χ0v) is 15.4. The zero-order valence-electron chi connectivity index (χ0n) is 11.4. The topological polar surface area (TPSA) is 75.6 Å². The van der Waals surface area contributed by atoms with Crippen LogP contribution in [0.2, 0.25) is 5.02 Å². The van der Waals surface area contributed by atoms with Crippen LogP contribution in [0, 0.1) is 0 Å². The van der Waals surface area contributed by atoms with Gasteiger partial charge in [0.15, 0.2) is 5.75 Å². The monoisotopic (exact) mass is 417 g/mol. The maximum atomic E-state index is 12.3. The molecule has 0 amide bonds. The maximum Gasteiger partial charge on any atom is 0.244 e. The number of aliphatic hydroxyl groups is 1. The summed E-state index contributed by atoms with van der Waals surface area (Å²) in [4.78, 5) is 0.00438. The molecule has 0 radical (unpaired) electrons. The molecule has 0 spiro atoms. The summed E-state index contributed by atoms with van der Waals surface area (Å²) in [5, 5.41) is 8.96. The Kier molecular flexibility index (Phi) is 8.36. The van der Waals surface area contributed by atoms with Gasteiger partial charge in [-0.05, 0) is 40.2 Å². The molecule has 0 aliphatic heterocycles. The predicted molar refractivity (Wildman–Crippen MR) is 89.9 cm³/mol. The molecule has 0 bridgehead atoms. The van der Waals surface area contributed by atoms with Crippen LogP contribution < -0.4 is 9.46 Å². The van der Waals surface area contributed by atoms with Crippen molar-refractivity contribution in [1.82, 2.24) is 4.72 Å². The normalized spacial score (nSPS) is 11.6. The molecule has 0 atom stereocenters. The Labute approximate surface area is 142 Å². The molecule has 0 unspecified atom stereocenters. The Balaban J connectivity index is 2.74. The van der Waals surface area contributed by atoms with Crippen LogP contribution in [0.4, 0.5) is 0 Å². The summed E-state index contributed by atoms with van der Waals surface area (Å²) in [6.07, 6.45) is 0.701. The molecule has 0 saturated carbocycles. The first kappa shape index (κ1) is 19.1. The van der Waals surface area contributed by atoms with E-state index in [1.807, 2.05) is 0 Å². The zero-order chi connectivity index (χ0) is 15.9. The van der Waals surface area contributed by atoms with Crippen LogP contribution in [-0.4, -0.2) is 45.3 Å². The van der Waals surface area contributed by atoms with Crippen molar-refractivity contribution in [2.45, 2.75) is 11.3 Å². The van der Waals surface area contributed by atoms with E-state index in [-0.39, 0.29) is 17.3 Å². The molecule has 0 heterocycles. The molecular formula is C12H17BrClNO4S2. The van der Waals surface area contributed by atoms with E-state index in [1.165, 1.54) is 13.2 Å². The quantitative estimate of drug-likeness (QED) is 0.603. The van der Waals surface area contributed by atoms with Crippen LogP contribution in [0.5, 0.6) is 5.75 Å². The largest absolute Gasteiger partial charge is 0.494 e. The van der Waals surface area contributed by atoms with Crippen LogP contribution in [0.25, 0.3) is 0 Å². The van der Waals surface area contributed by atoms with Crippen LogP contribution >= 0.6 is 39.3 Å². The lowest BCUT2D eigenvalue weighted by atomic mass is 10.3. The number of benzene rings is 1. The number of hydrogen-bond donors (Lipinski definition) is 2. The van der Waals surface area contributed by atoms with Gasteiger partial charge >= 0.3 is 0 Å². The van der Waals surface area contributed by atoms with Crippen molar-refractivity contribution < 1.29 is 18.3 Å².